The van der Waals surface area contributed by atoms with Crippen molar-refractivity contribution in [3.05, 3.63) is 0 Å². The first-order valence-electron chi connectivity index (χ1n) is 8.92. The molecule has 8 heteroatoms. The average molecular weight is 356 g/mol. The first kappa shape index (κ1) is 19.7. The summed E-state index contributed by atoms with van der Waals surface area (Å²) < 4.78 is 10.0. The van der Waals surface area contributed by atoms with E-state index in [9.17, 15) is 19.5 Å². The summed E-state index contributed by atoms with van der Waals surface area (Å²) in [5.74, 6) is -1.25. The van der Waals surface area contributed by atoms with Gasteiger partial charge in [0, 0.05) is 25.6 Å². The lowest BCUT2D eigenvalue weighted by Gasteiger charge is -2.32. The third kappa shape index (κ3) is 5.67. The maximum Gasteiger partial charge on any atom is 0.326 e. The minimum absolute atomic E-state index is 0.0102. The lowest BCUT2D eigenvalue weighted by atomic mass is 9.85. The van der Waals surface area contributed by atoms with Gasteiger partial charge in [0.05, 0.1) is 13.2 Å². The highest BCUT2D eigenvalue weighted by Gasteiger charge is 2.38. The number of aliphatic carboxylic acids is 1. The van der Waals surface area contributed by atoms with E-state index in [1.54, 1.807) is 7.11 Å². The topological polar surface area (TPSA) is 105 Å². The number of hydrogen-bond acceptors (Lipinski definition) is 5. The molecule has 1 saturated heterocycles. The molecule has 0 aromatic rings. The van der Waals surface area contributed by atoms with E-state index in [0.717, 1.165) is 19.3 Å². The van der Waals surface area contributed by atoms with Crippen molar-refractivity contribution in [1.29, 1.82) is 0 Å². The Balaban J connectivity index is 1.71. The van der Waals surface area contributed by atoms with Gasteiger partial charge in [-0.05, 0) is 38.5 Å². The van der Waals surface area contributed by atoms with Crippen LogP contribution in [0.25, 0.3) is 0 Å². The summed E-state index contributed by atoms with van der Waals surface area (Å²) in [6.07, 6.45) is 4.10. The highest BCUT2D eigenvalue weighted by molar-refractivity contribution is 5.85. The van der Waals surface area contributed by atoms with Gasteiger partial charge in [0.1, 0.15) is 12.6 Å². The van der Waals surface area contributed by atoms with Crippen LogP contribution in [0.4, 0.5) is 0 Å². The molecule has 25 heavy (non-hydrogen) atoms. The van der Waals surface area contributed by atoms with E-state index in [4.69, 9.17) is 9.47 Å². The van der Waals surface area contributed by atoms with Crippen molar-refractivity contribution < 1.29 is 29.0 Å². The molecule has 2 rings (SSSR count). The molecule has 142 valence electrons. The zero-order valence-electron chi connectivity index (χ0n) is 14.7. The van der Waals surface area contributed by atoms with Crippen molar-refractivity contribution in [1.82, 2.24) is 10.2 Å². The number of likely N-dealkylation sites (tertiary alicyclic amines) is 1. The van der Waals surface area contributed by atoms with E-state index in [-0.39, 0.29) is 30.4 Å². The van der Waals surface area contributed by atoms with Crippen LogP contribution >= 0.6 is 0 Å². The van der Waals surface area contributed by atoms with Gasteiger partial charge in [-0.1, -0.05) is 0 Å². The average Bonchev–Trinajstić information content (AvgIpc) is 3.09. The predicted molar refractivity (Wildman–Crippen MR) is 89.0 cm³/mol. The van der Waals surface area contributed by atoms with Crippen molar-refractivity contribution in [3.8, 4) is 0 Å². The van der Waals surface area contributed by atoms with Gasteiger partial charge in [0.25, 0.3) is 0 Å². The molecule has 2 fully saturated rings. The Kier molecular flexibility index (Phi) is 7.64. The number of methoxy groups -OCH3 is 1. The van der Waals surface area contributed by atoms with E-state index in [1.807, 2.05) is 0 Å². The van der Waals surface area contributed by atoms with Crippen molar-refractivity contribution in [3.63, 3.8) is 0 Å². The van der Waals surface area contributed by atoms with Crippen molar-refractivity contribution >= 4 is 17.8 Å². The molecule has 1 aliphatic heterocycles. The standard InChI is InChI=1S/C17H28N2O6/c1-24-9-10-25-11-15(20)18-13-6-4-12(5-7-13)16(21)19-8-2-3-14(19)17(22)23/h12-14H,2-11H2,1H3,(H,18,20)(H,22,23). The van der Waals surface area contributed by atoms with Crippen LogP contribution in [0, 0.1) is 5.92 Å². The molecule has 1 heterocycles. The van der Waals surface area contributed by atoms with E-state index in [2.05, 4.69) is 5.32 Å². The molecule has 1 unspecified atom stereocenters. The number of carboxylic acid groups (broad SMARTS) is 1. The molecule has 1 saturated carbocycles. The van der Waals surface area contributed by atoms with Gasteiger partial charge in [-0.15, -0.1) is 0 Å². The Hall–Kier alpha value is -1.67. The van der Waals surface area contributed by atoms with Crippen LogP contribution in [-0.2, 0) is 23.9 Å². The molecule has 2 aliphatic rings. The first-order valence-corrected chi connectivity index (χ1v) is 8.92. The maximum atomic E-state index is 12.6. The van der Waals surface area contributed by atoms with Gasteiger partial charge in [0.2, 0.25) is 11.8 Å². The smallest absolute Gasteiger partial charge is 0.326 e. The number of carbonyl (C=O) groups excluding carboxylic acids is 2. The Morgan fingerprint density at radius 3 is 2.48 bits per heavy atom. The SMILES string of the molecule is COCCOCC(=O)NC1CCC(C(=O)N2CCCC2C(=O)O)CC1. The van der Waals surface area contributed by atoms with Gasteiger partial charge >= 0.3 is 5.97 Å². The first-order chi connectivity index (χ1) is 12.0. The molecule has 0 radical (unpaired) electrons. The molecular formula is C17H28N2O6. The van der Waals surface area contributed by atoms with Crippen LogP contribution in [0.3, 0.4) is 0 Å². The quantitative estimate of drug-likeness (QED) is 0.610. The van der Waals surface area contributed by atoms with Crippen LogP contribution in [0.1, 0.15) is 38.5 Å². The number of nitrogens with one attached hydrogen (secondary N) is 1. The van der Waals surface area contributed by atoms with Crippen LogP contribution in [0.2, 0.25) is 0 Å². The van der Waals surface area contributed by atoms with Gasteiger partial charge < -0.3 is 24.8 Å². The van der Waals surface area contributed by atoms with Crippen molar-refractivity contribution in [2.45, 2.75) is 50.6 Å². The fourth-order valence-corrected chi connectivity index (χ4v) is 3.58. The van der Waals surface area contributed by atoms with Crippen LogP contribution in [0.15, 0.2) is 0 Å². The number of rotatable bonds is 8. The van der Waals surface area contributed by atoms with Crippen LogP contribution in [0.5, 0.6) is 0 Å². The Labute approximate surface area is 147 Å². The summed E-state index contributed by atoms with van der Waals surface area (Å²) in [5, 5.41) is 12.1. The second-order valence-electron chi connectivity index (χ2n) is 6.69. The molecule has 2 N–H and O–H groups in total. The van der Waals surface area contributed by atoms with Crippen LogP contribution < -0.4 is 5.32 Å². The summed E-state index contributed by atoms with van der Waals surface area (Å²) in [4.78, 5) is 37.2. The minimum atomic E-state index is -0.916. The summed E-state index contributed by atoms with van der Waals surface area (Å²) in [6.45, 7) is 1.38. The maximum absolute atomic E-state index is 12.6. The van der Waals surface area contributed by atoms with Gasteiger partial charge in [-0.25, -0.2) is 4.79 Å². The molecule has 2 amide bonds. The third-order valence-electron chi connectivity index (χ3n) is 4.93. The molecular weight excluding hydrogens is 328 g/mol. The minimum Gasteiger partial charge on any atom is -0.480 e. The normalized spacial score (nSPS) is 26.4. The van der Waals surface area contributed by atoms with Crippen molar-refractivity contribution in [2.24, 2.45) is 5.92 Å². The largest absolute Gasteiger partial charge is 0.480 e. The summed E-state index contributed by atoms with van der Waals surface area (Å²) in [5.41, 5.74) is 0. The molecule has 0 bridgehead atoms. The van der Waals surface area contributed by atoms with Gasteiger partial charge in [-0.3, -0.25) is 9.59 Å². The molecule has 0 aromatic carbocycles. The number of ether oxygens (including phenoxy) is 2. The molecule has 1 atom stereocenters. The summed E-state index contributed by atoms with van der Waals surface area (Å²) >= 11 is 0. The lowest BCUT2D eigenvalue weighted by Crippen LogP contribution is -2.46. The molecule has 8 nitrogen and oxygen atoms in total. The second kappa shape index (κ2) is 9.72. The number of carboxylic acids is 1. The molecule has 0 aromatic heterocycles. The lowest BCUT2D eigenvalue weighted by molar-refractivity contribution is -0.150. The van der Waals surface area contributed by atoms with E-state index in [0.29, 0.717) is 39.0 Å². The number of nitrogens with zero attached hydrogens (tertiary/aromatic N) is 1. The van der Waals surface area contributed by atoms with E-state index < -0.39 is 12.0 Å². The number of carbonyl (C=O) groups is 3. The van der Waals surface area contributed by atoms with E-state index >= 15 is 0 Å². The zero-order chi connectivity index (χ0) is 18.2. The zero-order valence-corrected chi connectivity index (χ0v) is 14.7. The number of amides is 2. The monoisotopic (exact) mass is 356 g/mol. The fourth-order valence-electron chi connectivity index (χ4n) is 3.58. The highest BCUT2D eigenvalue weighted by atomic mass is 16.5. The summed E-state index contributed by atoms with van der Waals surface area (Å²) in [6, 6.07) is -0.620. The number of hydrogen-bond donors (Lipinski definition) is 2. The van der Waals surface area contributed by atoms with Crippen molar-refractivity contribution in [2.75, 3.05) is 33.5 Å². The summed E-state index contributed by atoms with van der Waals surface area (Å²) in [7, 11) is 1.57. The van der Waals surface area contributed by atoms with E-state index in [1.165, 1.54) is 4.90 Å². The molecule has 0 spiro atoms. The third-order valence-corrected chi connectivity index (χ3v) is 4.93. The fraction of sp³-hybridized carbons (Fsp3) is 0.824. The Bertz CT molecular complexity index is 476. The van der Waals surface area contributed by atoms with Crippen LogP contribution in [-0.4, -0.2) is 73.3 Å². The Morgan fingerprint density at radius 2 is 1.84 bits per heavy atom. The molecule has 1 aliphatic carbocycles. The second-order valence-corrected chi connectivity index (χ2v) is 6.69. The van der Waals surface area contributed by atoms with Gasteiger partial charge in [-0.2, -0.15) is 0 Å². The highest BCUT2D eigenvalue weighted by Crippen LogP contribution is 2.29. The predicted octanol–water partition coefficient (Wildman–Crippen LogP) is 0.400. The Morgan fingerprint density at radius 1 is 1.12 bits per heavy atom. The van der Waals surface area contributed by atoms with Gasteiger partial charge in [0.15, 0.2) is 0 Å².